The van der Waals surface area contributed by atoms with Crippen LogP contribution in [0.4, 0.5) is 0 Å². The van der Waals surface area contributed by atoms with Gasteiger partial charge in [0.2, 0.25) is 5.91 Å². The highest BCUT2D eigenvalue weighted by molar-refractivity contribution is 5.81. The number of likely N-dealkylation sites (tertiary alicyclic amines) is 2. The molecule has 0 atom stereocenters. The maximum absolute atomic E-state index is 12.4. The number of amides is 2. The van der Waals surface area contributed by atoms with E-state index >= 15 is 0 Å². The first-order chi connectivity index (χ1) is 11.2. The standard InChI is InChI=1S/C18H24N2O3/c21-17(14-23-16-6-2-1-3-7-16)19-12-8-15(9-13-19)18(22)20-10-4-5-11-20/h1-3,6-7,15H,4-5,8-14H2. The summed E-state index contributed by atoms with van der Waals surface area (Å²) in [6, 6.07) is 9.36. The van der Waals surface area contributed by atoms with Gasteiger partial charge in [-0.3, -0.25) is 9.59 Å². The van der Waals surface area contributed by atoms with Gasteiger partial charge in [0.05, 0.1) is 0 Å². The second-order valence-electron chi connectivity index (χ2n) is 6.29. The second-order valence-corrected chi connectivity index (χ2v) is 6.29. The Hall–Kier alpha value is -2.04. The van der Waals surface area contributed by atoms with Crippen LogP contribution in [0.15, 0.2) is 30.3 Å². The minimum atomic E-state index is 0.000856. The number of nitrogens with zero attached hydrogens (tertiary/aromatic N) is 2. The molecule has 0 spiro atoms. The first kappa shape index (κ1) is 15.8. The molecule has 0 unspecified atom stereocenters. The van der Waals surface area contributed by atoms with E-state index in [-0.39, 0.29) is 24.3 Å². The summed E-state index contributed by atoms with van der Waals surface area (Å²) in [5.74, 6) is 1.09. The molecule has 1 aromatic rings. The van der Waals surface area contributed by atoms with Crippen LogP contribution in [0, 0.1) is 5.92 Å². The van der Waals surface area contributed by atoms with Gasteiger partial charge in [-0.15, -0.1) is 0 Å². The van der Waals surface area contributed by atoms with Crippen molar-refractivity contribution < 1.29 is 14.3 Å². The van der Waals surface area contributed by atoms with E-state index in [1.165, 1.54) is 0 Å². The molecule has 2 fully saturated rings. The Bertz CT molecular complexity index is 532. The van der Waals surface area contributed by atoms with Crippen LogP contribution in [0.25, 0.3) is 0 Å². The molecule has 2 aliphatic rings. The van der Waals surface area contributed by atoms with E-state index in [0.29, 0.717) is 18.8 Å². The van der Waals surface area contributed by atoms with Gasteiger partial charge < -0.3 is 14.5 Å². The third-order valence-corrected chi connectivity index (χ3v) is 4.72. The highest BCUT2D eigenvalue weighted by Crippen LogP contribution is 2.22. The molecule has 5 heteroatoms. The molecule has 0 N–H and O–H groups in total. The zero-order valence-corrected chi connectivity index (χ0v) is 13.4. The van der Waals surface area contributed by atoms with Gasteiger partial charge in [-0.1, -0.05) is 18.2 Å². The number of rotatable bonds is 4. The average molecular weight is 316 g/mol. The van der Waals surface area contributed by atoms with Crippen LogP contribution in [0.5, 0.6) is 5.75 Å². The number of hydrogen-bond donors (Lipinski definition) is 0. The predicted octanol–water partition coefficient (Wildman–Crippen LogP) is 1.93. The van der Waals surface area contributed by atoms with E-state index in [1.807, 2.05) is 40.1 Å². The van der Waals surface area contributed by atoms with Crippen LogP contribution in [0.3, 0.4) is 0 Å². The quantitative estimate of drug-likeness (QED) is 0.853. The van der Waals surface area contributed by atoms with Gasteiger partial charge in [0.25, 0.3) is 5.91 Å². The number of benzene rings is 1. The van der Waals surface area contributed by atoms with E-state index in [4.69, 9.17) is 4.74 Å². The molecule has 5 nitrogen and oxygen atoms in total. The summed E-state index contributed by atoms with van der Waals surface area (Å²) in [4.78, 5) is 28.4. The lowest BCUT2D eigenvalue weighted by molar-refractivity contribution is -0.140. The summed E-state index contributed by atoms with van der Waals surface area (Å²) in [7, 11) is 0. The third-order valence-electron chi connectivity index (χ3n) is 4.72. The Morgan fingerprint density at radius 1 is 0.957 bits per heavy atom. The third kappa shape index (κ3) is 4.03. The van der Waals surface area contributed by atoms with Crippen molar-refractivity contribution in [1.82, 2.24) is 9.80 Å². The van der Waals surface area contributed by atoms with Crippen molar-refractivity contribution in [2.75, 3.05) is 32.8 Å². The van der Waals surface area contributed by atoms with Crippen LogP contribution < -0.4 is 4.74 Å². The van der Waals surface area contributed by atoms with E-state index in [9.17, 15) is 9.59 Å². The molecule has 2 aliphatic heterocycles. The molecule has 0 saturated carbocycles. The fourth-order valence-corrected chi connectivity index (χ4v) is 3.32. The fourth-order valence-electron chi connectivity index (χ4n) is 3.32. The first-order valence-electron chi connectivity index (χ1n) is 8.48. The fraction of sp³-hybridized carbons (Fsp3) is 0.556. The Kier molecular flexibility index (Phi) is 5.16. The van der Waals surface area contributed by atoms with E-state index in [1.54, 1.807) is 0 Å². The van der Waals surface area contributed by atoms with Gasteiger partial charge in [0.1, 0.15) is 5.75 Å². The van der Waals surface area contributed by atoms with Gasteiger partial charge in [0.15, 0.2) is 6.61 Å². The monoisotopic (exact) mass is 316 g/mol. The lowest BCUT2D eigenvalue weighted by atomic mass is 9.95. The Labute approximate surface area is 137 Å². The predicted molar refractivity (Wildman–Crippen MR) is 87.1 cm³/mol. The van der Waals surface area contributed by atoms with Crippen LogP contribution in [0.2, 0.25) is 0 Å². The van der Waals surface area contributed by atoms with E-state index in [2.05, 4.69) is 0 Å². The molecule has 0 aliphatic carbocycles. The van der Waals surface area contributed by atoms with Gasteiger partial charge in [-0.2, -0.15) is 0 Å². The summed E-state index contributed by atoms with van der Waals surface area (Å²) >= 11 is 0. The lowest BCUT2D eigenvalue weighted by Gasteiger charge is -2.33. The smallest absolute Gasteiger partial charge is 0.260 e. The minimum absolute atomic E-state index is 0.000856. The summed E-state index contributed by atoms with van der Waals surface area (Å²) in [5, 5.41) is 0. The number of para-hydroxylation sites is 1. The summed E-state index contributed by atoms with van der Waals surface area (Å²) in [6.45, 7) is 3.18. The average Bonchev–Trinajstić information content (AvgIpc) is 3.15. The number of carbonyl (C=O) groups excluding carboxylic acids is 2. The van der Waals surface area contributed by atoms with E-state index in [0.717, 1.165) is 38.8 Å². The molecule has 0 aromatic heterocycles. The number of carbonyl (C=O) groups is 2. The zero-order valence-electron chi connectivity index (χ0n) is 13.4. The number of ether oxygens (including phenoxy) is 1. The largest absolute Gasteiger partial charge is 0.484 e. The molecular weight excluding hydrogens is 292 g/mol. The molecule has 2 amide bonds. The van der Waals surface area contributed by atoms with Crippen LogP contribution in [-0.2, 0) is 9.59 Å². The molecule has 2 saturated heterocycles. The molecule has 23 heavy (non-hydrogen) atoms. The summed E-state index contributed by atoms with van der Waals surface area (Å²) in [6.07, 6.45) is 3.79. The van der Waals surface area contributed by atoms with Crippen molar-refractivity contribution >= 4 is 11.8 Å². The van der Waals surface area contributed by atoms with Crippen LogP contribution >= 0.6 is 0 Å². The molecule has 0 bridgehead atoms. The molecular formula is C18H24N2O3. The van der Waals surface area contributed by atoms with Gasteiger partial charge in [-0.25, -0.2) is 0 Å². The van der Waals surface area contributed by atoms with Crippen molar-refractivity contribution in [2.45, 2.75) is 25.7 Å². The Morgan fingerprint density at radius 3 is 2.26 bits per heavy atom. The molecule has 0 radical (unpaired) electrons. The molecule has 1 aromatic carbocycles. The Morgan fingerprint density at radius 2 is 1.61 bits per heavy atom. The maximum atomic E-state index is 12.4. The van der Waals surface area contributed by atoms with Crippen LogP contribution in [0.1, 0.15) is 25.7 Å². The summed E-state index contributed by atoms with van der Waals surface area (Å²) in [5.41, 5.74) is 0. The van der Waals surface area contributed by atoms with Crippen molar-refractivity contribution in [1.29, 1.82) is 0 Å². The van der Waals surface area contributed by atoms with Crippen LogP contribution in [-0.4, -0.2) is 54.4 Å². The molecule has 2 heterocycles. The van der Waals surface area contributed by atoms with Gasteiger partial charge in [0, 0.05) is 32.1 Å². The van der Waals surface area contributed by atoms with Crippen molar-refractivity contribution in [3.05, 3.63) is 30.3 Å². The highest BCUT2D eigenvalue weighted by atomic mass is 16.5. The van der Waals surface area contributed by atoms with Crippen molar-refractivity contribution in [3.63, 3.8) is 0 Å². The lowest BCUT2D eigenvalue weighted by Crippen LogP contribution is -2.45. The Balaban J connectivity index is 1.43. The van der Waals surface area contributed by atoms with Gasteiger partial charge >= 0.3 is 0 Å². The van der Waals surface area contributed by atoms with Crippen molar-refractivity contribution in [3.8, 4) is 5.75 Å². The molecule has 124 valence electrons. The number of hydrogen-bond acceptors (Lipinski definition) is 3. The van der Waals surface area contributed by atoms with Crippen molar-refractivity contribution in [2.24, 2.45) is 5.92 Å². The summed E-state index contributed by atoms with van der Waals surface area (Å²) < 4.78 is 5.51. The maximum Gasteiger partial charge on any atom is 0.260 e. The minimum Gasteiger partial charge on any atom is -0.484 e. The topological polar surface area (TPSA) is 49.9 Å². The molecule has 3 rings (SSSR count). The second kappa shape index (κ2) is 7.49. The number of piperidine rings is 1. The first-order valence-corrected chi connectivity index (χ1v) is 8.48. The van der Waals surface area contributed by atoms with E-state index < -0.39 is 0 Å². The normalized spacial score (nSPS) is 19.0. The zero-order chi connectivity index (χ0) is 16.1. The highest BCUT2D eigenvalue weighted by Gasteiger charge is 2.31. The van der Waals surface area contributed by atoms with Gasteiger partial charge in [-0.05, 0) is 37.8 Å². The SMILES string of the molecule is O=C(COc1ccccc1)N1CCC(C(=O)N2CCCC2)CC1.